The molecule has 0 aliphatic heterocycles. The Hall–Kier alpha value is -2.01. The van der Waals surface area contributed by atoms with Gasteiger partial charge in [-0.2, -0.15) is 0 Å². The van der Waals surface area contributed by atoms with Crippen LogP contribution in [-0.2, 0) is 6.42 Å². The molecule has 4 nitrogen and oxygen atoms in total. The first-order valence-electron chi connectivity index (χ1n) is 6.15. The monoisotopic (exact) mass is 334 g/mol. The second-order valence-electron chi connectivity index (χ2n) is 4.21. The third-order valence-electron chi connectivity index (χ3n) is 2.82. The van der Waals surface area contributed by atoms with Crippen LogP contribution in [0.15, 0.2) is 58.2 Å². The van der Waals surface area contributed by atoms with Crippen LogP contribution in [0.2, 0.25) is 0 Å². The molecule has 0 spiro atoms. The molecule has 5 heteroatoms. The van der Waals surface area contributed by atoms with E-state index in [4.69, 9.17) is 15.7 Å². The van der Waals surface area contributed by atoms with Crippen LogP contribution < -0.4 is 10.5 Å². The largest absolute Gasteiger partial charge is 0.492 e. The van der Waals surface area contributed by atoms with Crippen molar-refractivity contribution in [2.45, 2.75) is 6.42 Å². The highest BCUT2D eigenvalue weighted by Gasteiger charge is 2.09. The topological polar surface area (TPSA) is 67.8 Å². The van der Waals surface area contributed by atoms with Crippen LogP contribution in [0.3, 0.4) is 0 Å². The van der Waals surface area contributed by atoms with Crippen molar-refractivity contribution in [3.05, 3.63) is 64.1 Å². The molecule has 0 amide bonds. The van der Waals surface area contributed by atoms with Gasteiger partial charge >= 0.3 is 0 Å². The van der Waals surface area contributed by atoms with Crippen molar-refractivity contribution < 1.29 is 9.94 Å². The van der Waals surface area contributed by atoms with Crippen LogP contribution in [-0.4, -0.2) is 17.6 Å². The van der Waals surface area contributed by atoms with E-state index in [0.717, 1.165) is 10.9 Å². The number of amidine groups is 1. The lowest BCUT2D eigenvalue weighted by Crippen LogP contribution is -2.15. The van der Waals surface area contributed by atoms with E-state index in [9.17, 15) is 0 Å². The second-order valence-corrected chi connectivity index (χ2v) is 5.13. The van der Waals surface area contributed by atoms with Crippen molar-refractivity contribution >= 4 is 21.8 Å². The van der Waals surface area contributed by atoms with Crippen molar-refractivity contribution in [2.75, 3.05) is 6.61 Å². The van der Waals surface area contributed by atoms with Gasteiger partial charge in [0.05, 0.1) is 12.2 Å². The molecule has 0 saturated heterocycles. The van der Waals surface area contributed by atoms with Crippen molar-refractivity contribution in [3.63, 3.8) is 0 Å². The molecule has 2 rings (SSSR count). The molecule has 0 aromatic heterocycles. The van der Waals surface area contributed by atoms with Crippen molar-refractivity contribution in [3.8, 4) is 5.75 Å². The summed E-state index contributed by atoms with van der Waals surface area (Å²) in [6.45, 7) is 0.525. The molecule has 3 N–H and O–H groups in total. The fourth-order valence-corrected chi connectivity index (χ4v) is 2.17. The van der Waals surface area contributed by atoms with E-state index in [2.05, 4.69) is 33.2 Å². The highest BCUT2D eigenvalue weighted by molar-refractivity contribution is 9.10. The maximum absolute atomic E-state index is 8.80. The number of benzene rings is 2. The number of nitrogens with zero attached hydrogens (tertiary/aromatic N) is 1. The highest BCUT2D eigenvalue weighted by atomic mass is 79.9. The van der Waals surface area contributed by atoms with Crippen LogP contribution >= 0.6 is 15.9 Å². The van der Waals surface area contributed by atoms with E-state index in [1.54, 1.807) is 12.1 Å². The Morgan fingerprint density at radius 3 is 2.65 bits per heavy atom. The summed E-state index contributed by atoms with van der Waals surface area (Å²) in [5, 5.41) is 11.8. The van der Waals surface area contributed by atoms with Gasteiger partial charge in [-0.05, 0) is 23.8 Å². The van der Waals surface area contributed by atoms with Gasteiger partial charge in [-0.25, -0.2) is 0 Å². The Labute approximate surface area is 126 Å². The first-order chi connectivity index (χ1) is 9.70. The summed E-state index contributed by atoms with van der Waals surface area (Å²) in [6, 6.07) is 15.5. The number of oxime groups is 1. The normalized spacial score (nSPS) is 11.3. The van der Waals surface area contributed by atoms with Crippen LogP contribution in [0.25, 0.3) is 0 Å². The number of halogens is 1. The summed E-state index contributed by atoms with van der Waals surface area (Å²) >= 11 is 3.35. The molecule has 0 atom stereocenters. The SMILES string of the molecule is N/C(=N/O)c1cc(Br)ccc1OCCc1ccccc1. The van der Waals surface area contributed by atoms with Gasteiger partial charge in [-0.1, -0.05) is 51.4 Å². The van der Waals surface area contributed by atoms with Crippen LogP contribution in [0.5, 0.6) is 5.75 Å². The Morgan fingerprint density at radius 2 is 1.95 bits per heavy atom. The quantitative estimate of drug-likeness (QED) is 0.382. The van der Waals surface area contributed by atoms with Crippen molar-refractivity contribution in [2.24, 2.45) is 10.9 Å². The van der Waals surface area contributed by atoms with Gasteiger partial charge in [-0.15, -0.1) is 0 Å². The molecule has 0 heterocycles. The van der Waals surface area contributed by atoms with E-state index in [-0.39, 0.29) is 5.84 Å². The number of hydrogen-bond acceptors (Lipinski definition) is 3. The maximum Gasteiger partial charge on any atom is 0.173 e. The summed E-state index contributed by atoms with van der Waals surface area (Å²) in [4.78, 5) is 0. The second kappa shape index (κ2) is 6.96. The van der Waals surface area contributed by atoms with E-state index in [1.807, 2.05) is 24.3 Å². The standard InChI is InChI=1S/C15H15BrN2O2/c16-12-6-7-14(13(10-12)15(17)18-19)20-9-8-11-4-2-1-3-5-11/h1-7,10,19H,8-9H2,(H2,17,18). The van der Waals surface area contributed by atoms with Gasteiger partial charge in [0.25, 0.3) is 0 Å². The molecular formula is C15H15BrN2O2. The molecule has 20 heavy (non-hydrogen) atoms. The number of nitrogens with two attached hydrogens (primary N) is 1. The lowest BCUT2D eigenvalue weighted by Gasteiger charge is -2.11. The number of hydrogen-bond donors (Lipinski definition) is 2. The van der Waals surface area contributed by atoms with E-state index >= 15 is 0 Å². The molecule has 0 aliphatic carbocycles. The molecule has 0 unspecified atom stereocenters. The van der Waals surface area contributed by atoms with Gasteiger partial charge in [0.1, 0.15) is 5.75 Å². The fourth-order valence-electron chi connectivity index (χ4n) is 1.81. The molecular weight excluding hydrogens is 320 g/mol. The zero-order valence-electron chi connectivity index (χ0n) is 10.8. The van der Waals surface area contributed by atoms with E-state index in [0.29, 0.717) is 17.9 Å². The smallest absolute Gasteiger partial charge is 0.173 e. The molecule has 104 valence electrons. The zero-order chi connectivity index (χ0) is 14.4. The minimum Gasteiger partial charge on any atom is -0.492 e. The molecule has 0 aliphatic rings. The predicted octanol–water partition coefficient (Wildman–Crippen LogP) is 3.17. The van der Waals surface area contributed by atoms with Crippen molar-refractivity contribution in [1.29, 1.82) is 0 Å². The van der Waals surface area contributed by atoms with Gasteiger partial charge in [0.2, 0.25) is 0 Å². The first kappa shape index (κ1) is 14.4. The van der Waals surface area contributed by atoms with Gasteiger partial charge in [-0.3, -0.25) is 0 Å². The van der Waals surface area contributed by atoms with Gasteiger partial charge < -0.3 is 15.7 Å². The lowest BCUT2D eigenvalue weighted by atomic mass is 10.1. The zero-order valence-corrected chi connectivity index (χ0v) is 12.4. The molecule has 0 radical (unpaired) electrons. The van der Waals surface area contributed by atoms with E-state index in [1.165, 1.54) is 5.56 Å². The minimum absolute atomic E-state index is 0.0287. The van der Waals surface area contributed by atoms with Gasteiger partial charge in [0.15, 0.2) is 5.84 Å². The predicted molar refractivity (Wildman–Crippen MR) is 82.3 cm³/mol. The average Bonchev–Trinajstić information content (AvgIpc) is 2.49. The lowest BCUT2D eigenvalue weighted by molar-refractivity contribution is 0.313. The minimum atomic E-state index is 0.0287. The Kier molecular flexibility index (Phi) is 5.01. The highest BCUT2D eigenvalue weighted by Crippen LogP contribution is 2.23. The summed E-state index contributed by atoms with van der Waals surface area (Å²) in [7, 11) is 0. The van der Waals surface area contributed by atoms with Gasteiger partial charge in [0, 0.05) is 10.9 Å². The van der Waals surface area contributed by atoms with Crippen LogP contribution in [0.4, 0.5) is 0 Å². The number of ether oxygens (including phenoxy) is 1. The molecule has 0 bridgehead atoms. The molecule has 0 saturated carbocycles. The van der Waals surface area contributed by atoms with E-state index < -0.39 is 0 Å². The fraction of sp³-hybridized carbons (Fsp3) is 0.133. The molecule has 0 fully saturated rings. The summed E-state index contributed by atoms with van der Waals surface area (Å²) in [5.41, 5.74) is 7.41. The number of rotatable bonds is 5. The Balaban J connectivity index is 2.06. The van der Waals surface area contributed by atoms with Crippen LogP contribution in [0, 0.1) is 0 Å². The Morgan fingerprint density at radius 1 is 1.20 bits per heavy atom. The van der Waals surface area contributed by atoms with Crippen LogP contribution in [0.1, 0.15) is 11.1 Å². The summed E-state index contributed by atoms with van der Waals surface area (Å²) in [5.74, 6) is 0.625. The Bertz CT molecular complexity index is 600. The third kappa shape index (κ3) is 3.74. The third-order valence-corrected chi connectivity index (χ3v) is 3.31. The molecule has 2 aromatic carbocycles. The maximum atomic E-state index is 8.80. The molecule has 2 aromatic rings. The van der Waals surface area contributed by atoms with Crippen molar-refractivity contribution in [1.82, 2.24) is 0 Å². The average molecular weight is 335 g/mol. The summed E-state index contributed by atoms with van der Waals surface area (Å²) < 4.78 is 6.57. The first-order valence-corrected chi connectivity index (χ1v) is 6.94. The summed E-state index contributed by atoms with van der Waals surface area (Å²) in [6.07, 6.45) is 0.798.